The third kappa shape index (κ3) is 3.37. The first-order chi connectivity index (χ1) is 8.65. The van der Waals surface area contributed by atoms with E-state index in [4.69, 9.17) is 0 Å². The van der Waals surface area contributed by atoms with Crippen LogP contribution >= 0.6 is 11.3 Å². The van der Waals surface area contributed by atoms with E-state index in [0.29, 0.717) is 12.2 Å². The van der Waals surface area contributed by atoms with Crippen molar-refractivity contribution in [2.75, 3.05) is 6.54 Å². The Hall–Kier alpha value is -1.75. The standard InChI is InChI=1S/C13H15N3OS/c1-9-4-3-5-12(15-9)13(17)14-7-6-11-8-18-10(2)16-11/h3-5,8H,6-7H2,1-2H3,(H,14,17). The molecule has 0 spiro atoms. The van der Waals surface area contributed by atoms with Gasteiger partial charge >= 0.3 is 0 Å². The maximum absolute atomic E-state index is 11.8. The van der Waals surface area contributed by atoms with Gasteiger partial charge in [-0.3, -0.25) is 4.79 Å². The minimum Gasteiger partial charge on any atom is -0.350 e. The molecule has 0 saturated carbocycles. The number of amides is 1. The first-order valence-corrected chi connectivity index (χ1v) is 6.66. The number of aromatic nitrogens is 2. The molecule has 0 saturated heterocycles. The van der Waals surface area contributed by atoms with Crippen molar-refractivity contribution in [2.45, 2.75) is 20.3 Å². The summed E-state index contributed by atoms with van der Waals surface area (Å²) in [6.45, 7) is 4.43. The molecule has 0 atom stereocenters. The van der Waals surface area contributed by atoms with Gasteiger partial charge in [-0.05, 0) is 26.0 Å². The fourth-order valence-corrected chi connectivity index (χ4v) is 2.23. The van der Waals surface area contributed by atoms with E-state index < -0.39 is 0 Å². The number of pyridine rings is 1. The van der Waals surface area contributed by atoms with Crippen LogP contribution in [0.5, 0.6) is 0 Å². The van der Waals surface area contributed by atoms with Gasteiger partial charge < -0.3 is 5.32 Å². The van der Waals surface area contributed by atoms with E-state index in [1.54, 1.807) is 17.4 Å². The maximum atomic E-state index is 11.8. The van der Waals surface area contributed by atoms with Gasteiger partial charge in [-0.25, -0.2) is 9.97 Å². The Morgan fingerprint density at radius 3 is 2.83 bits per heavy atom. The Morgan fingerprint density at radius 1 is 1.33 bits per heavy atom. The minimum absolute atomic E-state index is 0.134. The molecule has 2 aromatic rings. The number of carbonyl (C=O) groups is 1. The molecule has 0 aliphatic carbocycles. The van der Waals surface area contributed by atoms with Gasteiger partial charge in [0, 0.05) is 24.0 Å². The molecule has 2 heterocycles. The van der Waals surface area contributed by atoms with Crippen molar-refractivity contribution in [3.8, 4) is 0 Å². The number of rotatable bonds is 4. The number of nitrogens with zero attached hydrogens (tertiary/aromatic N) is 2. The lowest BCUT2D eigenvalue weighted by Crippen LogP contribution is -2.26. The van der Waals surface area contributed by atoms with Crippen LogP contribution in [0, 0.1) is 13.8 Å². The minimum atomic E-state index is -0.134. The molecule has 18 heavy (non-hydrogen) atoms. The van der Waals surface area contributed by atoms with Crippen molar-refractivity contribution >= 4 is 17.2 Å². The third-order valence-electron chi connectivity index (χ3n) is 2.45. The first kappa shape index (κ1) is 12.7. The van der Waals surface area contributed by atoms with Crippen LogP contribution in [0.15, 0.2) is 23.6 Å². The van der Waals surface area contributed by atoms with Crippen LogP contribution in [0.3, 0.4) is 0 Å². The monoisotopic (exact) mass is 261 g/mol. The molecule has 0 aliphatic heterocycles. The van der Waals surface area contributed by atoms with Crippen molar-refractivity contribution in [1.82, 2.24) is 15.3 Å². The zero-order chi connectivity index (χ0) is 13.0. The molecule has 1 N–H and O–H groups in total. The summed E-state index contributed by atoms with van der Waals surface area (Å²) < 4.78 is 0. The van der Waals surface area contributed by atoms with Gasteiger partial charge in [0.25, 0.3) is 5.91 Å². The molecule has 4 nitrogen and oxygen atoms in total. The Balaban J connectivity index is 1.85. The maximum Gasteiger partial charge on any atom is 0.269 e. The van der Waals surface area contributed by atoms with Gasteiger partial charge in [0.1, 0.15) is 5.69 Å². The molecule has 0 aliphatic rings. The molecule has 0 fully saturated rings. The second-order valence-electron chi connectivity index (χ2n) is 4.03. The number of nitrogens with one attached hydrogen (secondary N) is 1. The summed E-state index contributed by atoms with van der Waals surface area (Å²) >= 11 is 1.63. The van der Waals surface area contributed by atoms with E-state index in [-0.39, 0.29) is 5.91 Å². The van der Waals surface area contributed by atoms with Crippen molar-refractivity contribution in [1.29, 1.82) is 0 Å². The molecule has 5 heteroatoms. The molecule has 0 aromatic carbocycles. The van der Waals surface area contributed by atoms with Gasteiger partial charge in [-0.2, -0.15) is 0 Å². The topological polar surface area (TPSA) is 54.9 Å². The molecule has 1 amide bonds. The normalized spacial score (nSPS) is 10.3. The largest absolute Gasteiger partial charge is 0.350 e. The van der Waals surface area contributed by atoms with Gasteiger partial charge in [-0.15, -0.1) is 11.3 Å². The van der Waals surface area contributed by atoms with Crippen molar-refractivity contribution in [3.63, 3.8) is 0 Å². The summed E-state index contributed by atoms with van der Waals surface area (Å²) in [5.74, 6) is -0.134. The average molecular weight is 261 g/mol. The Morgan fingerprint density at radius 2 is 2.17 bits per heavy atom. The molecule has 94 valence electrons. The number of hydrogen-bond acceptors (Lipinski definition) is 4. The molecular weight excluding hydrogens is 246 g/mol. The van der Waals surface area contributed by atoms with Crippen LogP contribution in [0.2, 0.25) is 0 Å². The highest BCUT2D eigenvalue weighted by molar-refractivity contribution is 7.09. The van der Waals surface area contributed by atoms with Crippen molar-refractivity contribution in [2.24, 2.45) is 0 Å². The molecule has 0 unspecified atom stereocenters. The van der Waals surface area contributed by atoms with E-state index in [2.05, 4.69) is 15.3 Å². The van der Waals surface area contributed by atoms with Crippen LogP contribution in [0.1, 0.15) is 26.9 Å². The summed E-state index contributed by atoms with van der Waals surface area (Å²) in [6, 6.07) is 5.42. The van der Waals surface area contributed by atoms with Crippen molar-refractivity contribution in [3.05, 3.63) is 45.7 Å². The van der Waals surface area contributed by atoms with E-state index in [0.717, 1.165) is 22.8 Å². The average Bonchev–Trinajstić information content (AvgIpc) is 2.75. The Bertz CT molecular complexity index is 551. The predicted molar refractivity (Wildman–Crippen MR) is 71.9 cm³/mol. The lowest BCUT2D eigenvalue weighted by molar-refractivity contribution is 0.0949. The highest BCUT2D eigenvalue weighted by atomic mass is 32.1. The molecule has 2 rings (SSSR count). The smallest absolute Gasteiger partial charge is 0.269 e. The fourth-order valence-electron chi connectivity index (χ4n) is 1.59. The molecule has 2 aromatic heterocycles. The zero-order valence-electron chi connectivity index (χ0n) is 10.4. The second-order valence-corrected chi connectivity index (χ2v) is 5.09. The summed E-state index contributed by atoms with van der Waals surface area (Å²) in [6.07, 6.45) is 0.752. The Kier molecular flexibility index (Phi) is 4.04. The fraction of sp³-hybridized carbons (Fsp3) is 0.308. The second kappa shape index (κ2) is 5.73. The van der Waals surface area contributed by atoms with E-state index in [1.165, 1.54) is 0 Å². The van der Waals surface area contributed by atoms with Gasteiger partial charge in [-0.1, -0.05) is 6.07 Å². The molecule has 0 radical (unpaired) electrons. The van der Waals surface area contributed by atoms with Crippen molar-refractivity contribution < 1.29 is 4.79 Å². The van der Waals surface area contributed by atoms with Gasteiger partial charge in [0.05, 0.1) is 10.7 Å². The van der Waals surface area contributed by atoms with Crippen LogP contribution < -0.4 is 5.32 Å². The molecule has 0 bridgehead atoms. The highest BCUT2D eigenvalue weighted by Gasteiger charge is 2.06. The lowest BCUT2D eigenvalue weighted by Gasteiger charge is -2.03. The van der Waals surface area contributed by atoms with Gasteiger partial charge in [0.2, 0.25) is 0 Å². The highest BCUT2D eigenvalue weighted by Crippen LogP contribution is 2.07. The lowest BCUT2D eigenvalue weighted by atomic mass is 10.3. The number of hydrogen-bond donors (Lipinski definition) is 1. The first-order valence-electron chi connectivity index (χ1n) is 5.78. The number of aryl methyl sites for hydroxylation is 2. The Labute approximate surface area is 110 Å². The number of thiazole rings is 1. The summed E-state index contributed by atoms with van der Waals surface area (Å²) in [4.78, 5) is 20.3. The SMILES string of the molecule is Cc1cccc(C(=O)NCCc2csc(C)n2)n1. The van der Waals surface area contributed by atoms with Gasteiger partial charge in [0.15, 0.2) is 0 Å². The molecular formula is C13H15N3OS. The van der Waals surface area contributed by atoms with E-state index in [9.17, 15) is 4.79 Å². The van der Waals surface area contributed by atoms with E-state index in [1.807, 2.05) is 31.4 Å². The summed E-state index contributed by atoms with van der Waals surface area (Å²) in [5.41, 5.74) is 2.33. The van der Waals surface area contributed by atoms with Crippen LogP contribution in [0.4, 0.5) is 0 Å². The van der Waals surface area contributed by atoms with Crippen LogP contribution in [0.25, 0.3) is 0 Å². The third-order valence-corrected chi connectivity index (χ3v) is 3.28. The predicted octanol–water partition coefficient (Wildman–Crippen LogP) is 2.13. The quantitative estimate of drug-likeness (QED) is 0.917. The van der Waals surface area contributed by atoms with Crippen LogP contribution in [-0.2, 0) is 6.42 Å². The number of carbonyl (C=O) groups excluding carboxylic acids is 1. The zero-order valence-corrected chi connectivity index (χ0v) is 11.3. The summed E-state index contributed by atoms with van der Waals surface area (Å²) in [7, 11) is 0. The van der Waals surface area contributed by atoms with Crippen LogP contribution in [-0.4, -0.2) is 22.4 Å². The van der Waals surface area contributed by atoms with E-state index >= 15 is 0 Å². The summed E-state index contributed by atoms with van der Waals surface area (Å²) in [5, 5.41) is 5.92.